The molecule has 1 aromatic carbocycles. The molecule has 1 saturated heterocycles. The van der Waals surface area contributed by atoms with Gasteiger partial charge in [0.15, 0.2) is 0 Å². The number of carbonyl (C=O) groups excluding carboxylic acids is 2. The van der Waals surface area contributed by atoms with Crippen LogP contribution < -0.4 is 10.0 Å². The molecular weight excluding hydrogens is 332 g/mol. The molecule has 1 aromatic rings. The van der Waals surface area contributed by atoms with E-state index >= 15 is 0 Å². The van der Waals surface area contributed by atoms with Gasteiger partial charge in [0.25, 0.3) is 0 Å². The highest BCUT2D eigenvalue weighted by Gasteiger charge is 2.32. The van der Waals surface area contributed by atoms with Crippen molar-refractivity contribution in [3.63, 3.8) is 0 Å². The van der Waals surface area contributed by atoms with E-state index in [9.17, 15) is 18.0 Å². The minimum absolute atomic E-state index is 0.126. The highest BCUT2D eigenvalue weighted by atomic mass is 32.2. The Morgan fingerprint density at radius 1 is 1.38 bits per heavy atom. The number of carbonyl (C=O) groups is 2. The maximum atomic E-state index is 12.1. The van der Waals surface area contributed by atoms with Crippen molar-refractivity contribution in [1.29, 1.82) is 0 Å². The summed E-state index contributed by atoms with van der Waals surface area (Å²) in [7, 11) is -3.60. The zero-order valence-electron chi connectivity index (χ0n) is 13.3. The van der Waals surface area contributed by atoms with Crippen molar-refractivity contribution >= 4 is 33.7 Å². The molecule has 7 nitrogen and oxygen atoms in total. The average molecular weight is 352 g/mol. The Hall–Kier alpha value is -2.19. The molecule has 1 fully saturated rings. The van der Waals surface area contributed by atoms with Gasteiger partial charge in [-0.2, -0.15) is 0 Å². The van der Waals surface area contributed by atoms with Gasteiger partial charge in [0.2, 0.25) is 15.9 Å². The van der Waals surface area contributed by atoms with Gasteiger partial charge in [0.05, 0.1) is 12.4 Å². The lowest BCUT2D eigenvalue weighted by molar-refractivity contribution is -0.137. The Morgan fingerprint density at radius 3 is 2.62 bits per heavy atom. The van der Waals surface area contributed by atoms with Crippen LogP contribution in [0.1, 0.15) is 18.9 Å². The normalized spacial score (nSPS) is 18.3. The maximum Gasteiger partial charge on any atom is 0.330 e. The molecule has 1 aliphatic heterocycles. The number of anilines is 1. The van der Waals surface area contributed by atoms with Crippen molar-refractivity contribution in [2.24, 2.45) is 11.1 Å². The molecule has 0 radical (unpaired) electrons. The van der Waals surface area contributed by atoms with E-state index in [1.54, 1.807) is 42.2 Å². The van der Waals surface area contributed by atoms with Gasteiger partial charge in [-0.05, 0) is 30.7 Å². The van der Waals surface area contributed by atoms with Gasteiger partial charge < -0.3 is 9.64 Å². The number of sulfonamides is 1. The van der Waals surface area contributed by atoms with Gasteiger partial charge in [0.1, 0.15) is 0 Å². The molecule has 1 unspecified atom stereocenters. The minimum Gasteiger partial charge on any atom is -0.463 e. The van der Waals surface area contributed by atoms with Crippen molar-refractivity contribution in [2.75, 3.05) is 23.8 Å². The number of rotatable bonds is 6. The Kier molecular flexibility index (Phi) is 5.74. The van der Waals surface area contributed by atoms with Crippen LogP contribution in [0.3, 0.4) is 0 Å². The molecular formula is C16H20N2O5S. The second-order valence-electron chi connectivity index (χ2n) is 5.58. The van der Waals surface area contributed by atoms with Crippen molar-refractivity contribution in [1.82, 2.24) is 0 Å². The molecule has 0 aromatic heterocycles. The van der Waals surface area contributed by atoms with Gasteiger partial charge in [-0.25, -0.2) is 18.4 Å². The second kappa shape index (κ2) is 7.59. The summed E-state index contributed by atoms with van der Waals surface area (Å²) in [6.45, 7) is 2.38. The molecule has 1 atom stereocenters. The number of nitrogens with two attached hydrogens (primary N) is 1. The highest BCUT2D eigenvalue weighted by Crippen LogP contribution is 2.26. The number of amides is 1. The Morgan fingerprint density at radius 2 is 2.04 bits per heavy atom. The smallest absolute Gasteiger partial charge is 0.330 e. The van der Waals surface area contributed by atoms with E-state index in [1.807, 2.05) is 0 Å². The lowest BCUT2D eigenvalue weighted by Crippen LogP contribution is -2.27. The molecule has 1 heterocycles. The fraction of sp³-hybridized carbons (Fsp3) is 0.375. The standard InChI is InChI=1S/C16H20N2O5S/c1-2-23-16(20)8-5-12-3-6-14(7-4-12)18-10-13(9-15(18)19)11-24(17,21)22/h3-8,13H,2,9-11H2,1H3,(H2,17,21,22)/b8-5+. The maximum absolute atomic E-state index is 12.1. The van der Waals surface area contributed by atoms with Gasteiger partial charge in [-0.3, -0.25) is 4.79 Å². The molecule has 1 amide bonds. The number of esters is 1. The second-order valence-corrected chi connectivity index (χ2v) is 7.24. The van der Waals surface area contributed by atoms with E-state index in [0.717, 1.165) is 5.56 Å². The average Bonchev–Trinajstić information content (AvgIpc) is 2.84. The molecule has 24 heavy (non-hydrogen) atoms. The van der Waals surface area contributed by atoms with E-state index < -0.39 is 16.0 Å². The van der Waals surface area contributed by atoms with Crippen molar-refractivity contribution in [3.8, 4) is 0 Å². The van der Waals surface area contributed by atoms with Crippen LogP contribution in [0.25, 0.3) is 6.08 Å². The lowest BCUT2D eigenvalue weighted by atomic mass is 10.1. The fourth-order valence-corrected chi connectivity index (χ4v) is 3.47. The Labute approximate surface area is 141 Å². The summed E-state index contributed by atoms with van der Waals surface area (Å²) in [6.07, 6.45) is 3.12. The predicted molar refractivity (Wildman–Crippen MR) is 90.5 cm³/mol. The highest BCUT2D eigenvalue weighted by molar-refractivity contribution is 7.89. The SMILES string of the molecule is CCOC(=O)/C=C/c1ccc(N2CC(CS(N)(=O)=O)CC2=O)cc1. The van der Waals surface area contributed by atoms with E-state index in [-0.39, 0.29) is 24.0 Å². The third kappa shape index (κ3) is 5.17. The quantitative estimate of drug-likeness (QED) is 0.605. The first-order valence-corrected chi connectivity index (χ1v) is 9.26. The zero-order valence-corrected chi connectivity index (χ0v) is 14.2. The van der Waals surface area contributed by atoms with Gasteiger partial charge >= 0.3 is 5.97 Å². The number of ether oxygens (including phenoxy) is 1. The van der Waals surface area contributed by atoms with Crippen LogP contribution in [-0.2, 0) is 24.3 Å². The van der Waals surface area contributed by atoms with Gasteiger partial charge in [-0.15, -0.1) is 0 Å². The summed E-state index contributed by atoms with van der Waals surface area (Å²) in [5.41, 5.74) is 1.48. The van der Waals surface area contributed by atoms with E-state index in [0.29, 0.717) is 18.8 Å². The third-order valence-electron chi connectivity index (χ3n) is 3.58. The van der Waals surface area contributed by atoms with Gasteiger partial charge in [0, 0.05) is 30.6 Å². The number of hydrogen-bond donors (Lipinski definition) is 1. The van der Waals surface area contributed by atoms with Crippen molar-refractivity contribution in [2.45, 2.75) is 13.3 Å². The van der Waals surface area contributed by atoms with E-state index in [2.05, 4.69) is 0 Å². The van der Waals surface area contributed by atoms with Crippen LogP contribution in [-0.4, -0.2) is 39.2 Å². The van der Waals surface area contributed by atoms with Crippen LogP contribution in [0.4, 0.5) is 5.69 Å². The summed E-state index contributed by atoms with van der Waals surface area (Å²) in [6, 6.07) is 7.04. The lowest BCUT2D eigenvalue weighted by Gasteiger charge is -2.16. The van der Waals surface area contributed by atoms with Crippen LogP contribution in [0.15, 0.2) is 30.3 Å². The topological polar surface area (TPSA) is 107 Å². The van der Waals surface area contributed by atoms with Crippen LogP contribution in [0, 0.1) is 5.92 Å². The molecule has 0 aliphatic carbocycles. The van der Waals surface area contributed by atoms with Crippen molar-refractivity contribution in [3.05, 3.63) is 35.9 Å². The first-order chi connectivity index (χ1) is 11.3. The molecule has 0 bridgehead atoms. The van der Waals surface area contributed by atoms with Crippen molar-refractivity contribution < 1.29 is 22.7 Å². The molecule has 0 saturated carbocycles. The summed E-state index contributed by atoms with van der Waals surface area (Å²) in [5, 5.41) is 5.04. The first-order valence-electron chi connectivity index (χ1n) is 7.54. The third-order valence-corrected chi connectivity index (χ3v) is 4.51. The summed E-state index contributed by atoms with van der Waals surface area (Å²) in [4.78, 5) is 24.9. The Balaban J connectivity index is 2.03. The molecule has 8 heteroatoms. The van der Waals surface area contributed by atoms with E-state index in [4.69, 9.17) is 9.88 Å². The number of benzene rings is 1. The van der Waals surface area contributed by atoms with Crippen LogP contribution in [0.5, 0.6) is 0 Å². The largest absolute Gasteiger partial charge is 0.463 e. The summed E-state index contributed by atoms with van der Waals surface area (Å²) in [5.74, 6) is -1.04. The monoisotopic (exact) mass is 352 g/mol. The van der Waals surface area contributed by atoms with Gasteiger partial charge in [-0.1, -0.05) is 12.1 Å². The molecule has 0 spiro atoms. The molecule has 2 rings (SSSR count). The summed E-state index contributed by atoms with van der Waals surface area (Å²) < 4.78 is 27.1. The van der Waals surface area contributed by atoms with Crippen LogP contribution in [0.2, 0.25) is 0 Å². The number of primary sulfonamides is 1. The molecule has 130 valence electrons. The Bertz CT molecular complexity index is 740. The first kappa shape index (κ1) is 18.2. The minimum atomic E-state index is -3.60. The summed E-state index contributed by atoms with van der Waals surface area (Å²) >= 11 is 0. The molecule has 1 aliphatic rings. The zero-order chi connectivity index (χ0) is 17.7. The molecule has 2 N–H and O–H groups in total. The van der Waals surface area contributed by atoms with Crippen LogP contribution >= 0.6 is 0 Å². The predicted octanol–water partition coefficient (Wildman–Crippen LogP) is 0.904. The fourth-order valence-electron chi connectivity index (χ4n) is 2.59. The number of nitrogens with zero attached hydrogens (tertiary/aromatic N) is 1. The van der Waals surface area contributed by atoms with E-state index in [1.165, 1.54) is 6.08 Å². The number of hydrogen-bond acceptors (Lipinski definition) is 5.